The topological polar surface area (TPSA) is 38.3 Å². The zero-order valence-electron chi connectivity index (χ0n) is 13.9. The Morgan fingerprint density at radius 2 is 1.76 bits per heavy atom. The quantitative estimate of drug-likeness (QED) is 0.839. The van der Waals surface area contributed by atoms with Crippen LogP contribution in [-0.4, -0.2) is 18.2 Å². The Bertz CT molecular complexity index is 882. The van der Waals surface area contributed by atoms with Crippen LogP contribution in [0.3, 0.4) is 0 Å². The molecule has 0 fully saturated rings. The van der Waals surface area contributed by atoms with Gasteiger partial charge in [-0.05, 0) is 46.7 Å². The van der Waals surface area contributed by atoms with E-state index in [1.165, 1.54) is 27.8 Å². The second-order valence-electron chi connectivity index (χ2n) is 6.93. The normalized spacial score (nSPS) is 22.5. The van der Waals surface area contributed by atoms with Gasteiger partial charge >= 0.3 is 6.09 Å². The Morgan fingerprint density at radius 3 is 2.44 bits per heavy atom. The van der Waals surface area contributed by atoms with E-state index in [9.17, 15) is 4.79 Å². The van der Waals surface area contributed by atoms with Crippen LogP contribution in [-0.2, 0) is 4.74 Å². The highest BCUT2D eigenvalue weighted by atomic mass is 16.5. The Balaban J connectivity index is 1.32. The highest BCUT2D eigenvalue weighted by Crippen LogP contribution is 2.45. The first-order valence-corrected chi connectivity index (χ1v) is 8.80. The van der Waals surface area contributed by atoms with Crippen LogP contribution in [0.5, 0.6) is 0 Å². The molecule has 0 saturated heterocycles. The van der Waals surface area contributed by atoms with E-state index in [0.717, 1.165) is 12.8 Å². The standard InChI is InChI=1S/C22H19NO2/c24-21(23-22-12-6-5-7-15(22)13-22)25-14-20-18-10-3-1-8-16(18)17-9-2-4-11-19(17)20/h1-4,6,8-13,20H,5,7,14H2,(H,23,24). The van der Waals surface area contributed by atoms with Gasteiger partial charge in [-0.3, -0.25) is 0 Å². The maximum absolute atomic E-state index is 12.3. The molecule has 1 amide bonds. The Kier molecular flexibility index (Phi) is 3.11. The summed E-state index contributed by atoms with van der Waals surface area (Å²) in [6.45, 7) is 0.356. The summed E-state index contributed by atoms with van der Waals surface area (Å²) in [7, 11) is 0. The van der Waals surface area contributed by atoms with E-state index in [1.807, 2.05) is 12.1 Å². The maximum atomic E-state index is 12.3. The predicted molar refractivity (Wildman–Crippen MR) is 97.4 cm³/mol. The van der Waals surface area contributed by atoms with Crippen molar-refractivity contribution in [1.82, 2.24) is 5.32 Å². The molecule has 25 heavy (non-hydrogen) atoms. The molecule has 0 aromatic heterocycles. The second kappa shape index (κ2) is 5.35. The number of carbonyl (C=O) groups is 1. The van der Waals surface area contributed by atoms with Crippen molar-refractivity contribution >= 4 is 6.09 Å². The second-order valence-corrected chi connectivity index (χ2v) is 6.93. The highest BCUT2D eigenvalue weighted by Gasteiger charge is 2.44. The summed E-state index contributed by atoms with van der Waals surface area (Å²) in [5.41, 5.74) is 5.92. The van der Waals surface area contributed by atoms with E-state index in [0.29, 0.717) is 6.61 Å². The van der Waals surface area contributed by atoms with Crippen molar-refractivity contribution in [2.45, 2.75) is 24.3 Å². The number of ether oxygens (including phenoxy) is 1. The van der Waals surface area contributed by atoms with Gasteiger partial charge in [0.2, 0.25) is 0 Å². The van der Waals surface area contributed by atoms with Gasteiger partial charge in [0.25, 0.3) is 0 Å². The summed E-state index contributed by atoms with van der Waals surface area (Å²) >= 11 is 0. The zero-order valence-corrected chi connectivity index (χ0v) is 13.9. The summed E-state index contributed by atoms with van der Waals surface area (Å²) in [5.74, 6) is 0.101. The van der Waals surface area contributed by atoms with Gasteiger partial charge in [-0.25, -0.2) is 4.79 Å². The fourth-order valence-corrected chi connectivity index (χ4v) is 4.14. The average Bonchev–Trinajstić information content (AvgIpc) is 3.27. The molecule has 3 aliphatic rings. The number of alkyl carbamates (subject to hydrolysis) is 1. The number of rotatable bonds is 3. The van der Waals surface area contributed by atoms with Gasteiger partial charge in [0.15, 0.2) is 0 Å². The first kappa shape index (κ1) is 14.5. The van der Waals surface area contributed by atoms with Crippen molar-refractivity contribution in [1.29, 1.82) is 0 Å². The molecule has 0 radical (unpaired) electrons. The molecule has 0 bridgehead atoms. The fourth-order valence-electron chi connectivity index (χ4n) is 4.14. The Labute approximate surface area is 147 Å². The van der Waals surface area contributed by atoms with Crippen LogP contribution in [0, 0.1) is 0 Å². The molecule has 5 rings (SSSR count). The molecule has 0 heterocycles. The Hall–Kier alpha value is -2.81. The summed E-state index contributed by atoms with van der Waals surface area (Å²) < 4.78 is 5.62. The molecular weight excluding hydrogens is 310 g/mol. The van der Waals surface area contributed by atoms with Crippen LogP contribution >= 0.6 is 0 Å². The lowest BCUT2D eigenvalue weighted by atomic mass is 9.98. The third-order valence-electron chi connectivity index (χ3n) is 5.46. The summed E-state index contributed by atoms with van der Waals surface area (Å²) in [6.07, 6.45) is 8.03. The van der Waals surface area contributed by atoms with Crippen LogP contribution in [0.2, 0.25) is 0 Å². The lowest BCUT2D eigenvalue weighted by molar-refractivity contribution is 0.140. The summed E-state index contributed by atoms with van der Waals surface area (Å²) in [4.78, 5) is 12.3. The van der Waals surface area contributed by atoms with Crippen LogP contribution in [0.25, 0.3) is 11.1 Å². The summed E-state index contributed by atoms with van der Waals surface area (Å²) in [6, 6.07) is 16.7. The molecule has 0 saturated carbocycles. The fraction of sp³-hybridized carbons (Fsp3) is 0.227. The first-order chi connectivity index (χ1) is 12.3. The smallest absolute Gasteiger partial charge is 0.408 e. The zero-order chi connectivity index (χ0) is 16.9. The van der Waals surface area contributed by atoms with Gasteiger partial charge in [0, 0.05) is 5.92 Å². The van der Waals surface area contributed by atoms with Gasteiger partial charge in [-0.2, -0.15) is 0 Å². The van der Waals surface area contributed by atoms with Gasteiger partial charge in [-0.15, -0.1) is 0 Å². The number of carbonyl (C=O) groups excluding carboxylic acids is 1. The monoisotopic (exact) mass is 329 g/mol. The number of fused-ring (bicyclic) bond motifs is 4. The predicted octanol–water partition coefficient (Wildman–Crippen LogP) is 4.55. The molecule has 1 N–H and O–H groups in total. The average molecular weight is 329 g/mol. The van der Waals surface area contributed by atoms with Crippen LogP contribution in [0.1, 0.15) is 29.9 Å². The molecule has 1 unspecified atom stereocenters. The first-order valence-electron chi connectivity index (χ1n) is 8.80. The number of benzene rings is 2. The Morgan fingerprint density at radius 1 is 1.08 bits per heavy atom. The minimum Gasteiger partial charge on any atom is -0.449 e. The van der Waals surface area contributed by atoms with Crippen LogP contribution in [0.4, 0.5) is 4.79 Å². The van der Waals surface area contributed by atoms with E-state index in [1.54, 1.807) is 0 Å². The molecule has 2 aromatic carbocycles. The number of hydrogen-bond donors (Lipinski definition) is 1. The highest BCUT2D eigenvalue weighted by molar-refractivity contribution is 5.79. The lowest BCUT2D eigenvalue weighted by Gasteiger charge is -2.20. The van der Waals surface area contributed by atoms with Crippen molar-refractivity contribution in [3.63, 3.8) is 0 Å². The van der Waals surface area contributed by atoms with E-state index >= 15 is 0 Å². The molecule has 3 heteroatoms. The van der Waals surface area contributed by atoms with Gasteiger partial charge in [0.1, 0.15) is 12.1 Å². The molecule has 3 nitrogen and oxygen atoms in total. The molecule has 0 spiro atoms. The van der Waals surface area contributed by atoms with E-state index in [4.69, 9.17) is 4.74 Å². The van der Waals surface area contributed by atoms with Crippen molar-refractivity contribution in [3.05, 3.63) is 83.5 Å². The minimum atomic E-state index is -0.348. The van der Waals surface area contributed by atoms with Gasteiger partial charge in [0.05, 0.1) is 0 Å². The van der Waals surface area contributed by atoms with Crippen LogP contribution in [0.15, 0.2) is 72.3 Å². The third-order valence-corrected chi connectivity index (χ3v) is 5.46. The van der Waals surface area contributed by atoms with Crippen molar-refractivity contribution in [3.8, 4) is 11.1 Å². The van der Waals surface area contributed by atoms with Crippen molar-refractivity contribution < 1.29 is 9.53 Å². The third kappa shape index (κ3) is 2.30. The lowest BCUT2D eigenvalue weighted by Crippen LogP contribution is -2.39. The van der Waals surface area contributed by atoms with E-state index in [-0.39, 0.29) is 17.6 Å². The SMILES string of the molecule is O=C(NC12C=CCCC1=C2)OCC1c2ccccc2-c2ccccc21. The molecule has 124 valence electrons. The maximum Gasteiger partial charge on any atom is 0.408 e. The van der Waals surface area contributed by atoms with Gasteiger partial charge < -0.3 is 10.1 Å². The number of allylic oxidation sites excluding steroid dienone is 1. The number of amides is 1. The van der Waals surface area contributed by atoms with Crippen molar-refractivity contribution in [2.75, 3.05) is 6.61 Å². The molecular formula is C22H19NO2. The van der Waals surface area contributed by atoms with E-state index < -0.39 is 0 Å². The van der Waals surface area contributed by atoms with Gasteiger partial charge in [-0.1, -0.05) is 60.7 Å². The molecule has 0 aliphatic heterocycles. The number of nitrogens with one attached hydrogen (secondary N) is 1. The van der Waals surface area contributed by atoms with E-state index in [2.05, 4.69) is 59.9 Å². The largest absolute Gasteiger partial charge is 0.449 e. The molecule has 3 aliphatic carbocycles. The van der Waals surface area contributed by atoms with Crippen molar-refractivity contribution in [2.24, 2.45) is 0 Å². The van der Waals surface area contributed by atoms with Crippen LogP contribution < -0.4 is 5.32 Å². The molecule has 2 aromatic rings. The minimum absolute atomic E-state index is 0.101. The summed E-state index contributed by atoms with van der Waals surface area (Å²) in [5, 5.41) is 3.00. The number of hydrogen-bond acceptors (Lipinski definition) is 2. The molecule has 1 atom stereocenters.